The third-order valence-electron chi connectivity index (χ3n) is 3.07. The molecule has 94 valence electrons. The SMILES string of the molecule is CCC1CC1Nc1nc(Cl)nc(-n2cccn2)n1. The van der Waals surface area contributed by atoms with E-state index in [-0.39, 0.29) is 5.28 Å². The van der Waals surface area contributed by atoms with E-state index in [9.17, 15) is 0 Å². The lowest BCUT2D eigenvalue weighted by Gasteiger charge is -2.06. The lowest BCUT2D eigenvalue weighted by molar-refractivity contribution is 0.763. The van der Waals surface area contributed by atoms with Crippen molar-refractivity contribution >= 4 is 17.5 Å². The van der Waals surface area contributed by atoms with Gasteiger partial charge in [0, 0.05) is 18.4 Å². The summed E-state index contributed by atoms with van der Waals surface area (Å²) in [6.07, 6.45) is 5.76. The summed E-state index contributed by atoms with van der Waals surface area (Å²) in [5.41, 5.74) is 0. The third kappa shape index (κ3) is 2.28. The first kappa shape index (κ1) is 11.4. The Balaban J connectivity index is 1.83. The van der Waals surface area contributed by atoms with Crippen molar-refractivity contribution in [3.8, 4) is 5.95 Å². The maximum absolute atomic E-state index is 5.90. The second-order valence-electron chi connectivity index (χ2n) is 4.33. The number of hydrogen-bond donors (Lipinski definition) is 1. The Morgan fingerprint density at radius 2 is 2.33 bits per heavy atom. The van der Waals surface area contributed by atoms with Gasteiger partial charge in [0.25, 0.3) is 5.95 Å². The van der Waals surface area contributed by atoms with Crippen LogP contribution in [-0.4, -0.2) is 30.8 Å². The number of nitrogens with zero attached hydrogens (tertiary/aromatic N) is 5. The smallest absolute Gasteiger partial charge is 0.256 e. The number of hydrogen-bond acceptors (Lipinski definition) is 5. The molecular weight excluding hydrogens is 252 g/mol. The molecule has 2 aromatic rings. The molecule has 0 radical (unpaired) electrons. The van der Waals surface area contributed by atoms with Gasteiger partial charge in [-0.1, -0.05) is 13.3 Å². The maximum Gasteiger partial charge on any atom is 0.256 e. The molecule has 2 heterocycles. The van der Waals surface area contributed by atoms with E-state index >= 15 is 0 Å². The van der Waals surface area contributed by atoms with Gasteiger partial charge in [0.15, 0.2) is 0 Å². The van der Waals surface area contributed by atoms with Crippen LogP contribution >= 0.6 is 11.6 Å². The van der Waals surface area contributed by atoms with Crippen molar-refractivity contribution in [1.29, 1.82) is 0 Å². The number of aromatic nitrogens is 5. The zero-order chi connectivity index (χ0) is 12.5. The van der Waals surface area contributed by atoms with E-state index in [1.165, 1.54) is 6.42 Å². The molecule has 0 bridgehead atoms. The van der Waals surface area contributed by atoms with Crippen molar-refractivity contribution in [2.24, 2.45) is 5.92 Å². The van der Waals surface area contributed by atoms with Gasteiger partial charge >= 0.3 is 0 Å². The van der Waals surface area contributed by atoms with E-state index in [2.05, 4.69) is 32.3 Å². The van der Waals surface area contributed by atoms with E-state index < -0.39 is 0 Å². The molecular formula is C11H13ClN6. The molecule has 7 heteroatoms. The van der Waals surface area contributed by atoms with Gasteiger partial charge in [-0.15, -0.1) is 0 Å². The van der Waals surface area contributed by atoms with Crippen molar-refractivity contribution in [2.75, 3.05) is 5.32 Å². The first-order valence-corrected chi connectivity index (χ1v) is 6.32. The molecule has 0 amide bonds. The first-order valence-electron chi connectivity index (χ1n) is 5.94. The zero-order valence-electron chi connectivity index (χ0n) is 9.91. The third-order valence-corrected chi connectivity index (χ3v) is 3.24. The highest BCUT2D eigenvalue weighted by atomic mass is 35.5. The fourth-order valence-corrected chi connectivity index (χ4v) is 2.09. The molecule has 0 saturated heterocycles. The van der Waals surface area contributed by atoms with Gasteiger partial charge in [-0.25, -0.2) is 4.68 Å². The predicted octanol–water partition coefficient (Wildman–Crippen LogP) is 1.92. The minimum Gasteiger partial charge on any atom is -0.351 e. The van der Waals surface area contributed by atoms with Crippen LogP contribution in [0.5, 0.6) is 0 Å². The summed E-state index contributed by atoms with van der Waals surface area (Å²) in [6.45, 7) is 2.18. The highest BCUT2D eigenvalue weighted by Crippen LogP contribution is 2.35. The fraction of sp³-hybridized carbons (Fsp3) is 0.455. The highest BCUT2D eigenvalue weighted by molar-refractivity contribution is 6.28. The standard InChI is InChI=1S/C11H13ClN6/c1-2-7-6-8(7)14-10-15-9(12)16-11(17-10)18-5-3-4-13-18/h3-5,7-8H,2,6H2,1H3,(H,14,15,16,17). The van der Waals surface area contributed by atoms with Crippen LogP contribution in [0.25, 0.3) is 5.95 Å². The molecule has 1 saturated carbocycles. The van der Waals surface area contributed by atoms with Crippen LogP contribution < -0.4 is 5.32 Å². The maximum atomic E-state index is 5.90. The van der Waals surface area contributed by atoms with Crippen molar-refractivity contribution in [3.05, 3.63) is 23.7 Å². The second kappa shape index (κ2) is 4.53. The summed E-state index contributed by atoms with van der Waals surface area (Å²) < 4.78 is 1.56. The van der Waals surface area contributed by atoms with Crippen LogP contribution in [0.15, 0.2) is 18.5 Å². The molecule has 1 aliphatic rings. The van der Waals surface area contributed by atoms with Crippen LogP contribution in [0.4, 0.5) is 5.95 Å². The molecule has 1 aliphatic carbocycles. The summed E-state index contributed by atoms with van der Waals surface area (Å²) in [5.74, 6) is 1.66. The summed E-state index contributed by atoms with van der Waals surface area (Å²) in [4.78, 5) is 12.4. The van der Waals surface area contributed by atoms with Gasteiger partial charge in [-0.05, 0) is 30.0 Å². The van der Waals surface area contributed by atoms with Gasteiger partial charge in [-0.2, -0.15) is 20.1 Å². The molecule has 2 unspecified atom stereocenters. The molecule has 18 heavy (non-hydrogen) atoms. The second-order valence-corrected chi connectivity index (χ2v) is 4.67. The number of anilines is 1. The summed E-state index contributed by atoms with van der Waals surface area (Å²) >= 11 is 5.90. The quantitative estimate of drug-likeness (QED) is 0.914. The Kier molecular flexibility index (Phi) is 2.87. The Hall–Kier alpha value is -1.69. The monoisotopic (exact) mass is 264 g/mol. The molecule has 0 aliphatic heterocycles. The largest absolute Gasteiger partial charge is 0.351 e. The molecule has 1 fully saturated rings. The molecule has 2 aromatic heterocycles. The zero-order valence-corrected chi connectivity index (χ0v) is 10.7. The van der Waals surface area contributed by atoms with E-state index in [4.69, 9.17) is 11.6 Å². The summed E-state index contributed by atoms with van der Waals surface area (Å²) in [6, 6.07) is 2.26. The molecule has 6 nitrogen and oxygen atoms in total. The topological polar surface area (TPSA) is 68.5 Å². The van der Waals surface area contributed by atoms with Crippen LogP contribution in [-0.2, 0) is 0 Å². The molecule has 0 aromatic carbocycles. The summed E-state index contributed by atoms with van der Waals surface area (Å²) in [7, 11) is 0. The fourth-order valence-electron chi connectivity index (χ4n) is 1.94. The van der Waals surface area contributed by atoms with Crippen molar-refractivity contribution < 1.29 is 0 Å². The van der Waals surface area contributed by atoms with Gasteiger partial charge in [0.1, 0.15) is 0 Å². The van der Waals surface area contributed by atoms with Crippen LogP contribution in [0.1, 0.15) is 19.8 Å². The Labute approximate surface area is 109 Å². The van der Waals surface area contributed by atoms with E-state index in [1.807, 2.05) is 0 Å². The predicted molar refractivity (Wildman–Crippen MR) is 67.8 cm³/mol. The number of halogens is 1. The van der Waals surface area contributed by atoms with E-state index in [1.54, 1.807) is 23.1 Å². The van der Waals surface area contributed by atoms with Gasteiger partial charge < -0.3 is 5.32 Å². The average Bonchev–Trinajstić information content (AvgIpc) is 2.89. The molecule has 0 spiro atoms. The molecule has 2 atom stereocenters. The number of rotatable bonds is 4. The van der Waals surface area contributed by atoms with Gasteiger partial charge in [0.05, 0.1) is 0 Å². The molecule has 1 N–H and O–H groups in total. The van der Waals surface area contributed by atoms with Crippen LogP contribution in [0.2, 0.25) is 5.28 Å². The van der Waals surface area contributed by atoms with Crippen molar-refractivity contribution in [2.45, 2.75) is 25.8 Å². The summed E-state index contributed by atoms with van der Waals surface area (Å²) in [5, 5.41) is 7.52. The normalized spacial score (nSPS) is 21.9. The minimum absolute atomic E-state index is 0.173. The molecule has 3 rings (SSSR count). The van der Waals surface area contributed by atoms with E-state index in [0.29, 0.717) is 23.9 Å². The number of nitrogens with one attached hydrogen (secondary N) is 1. The highest BCUT2D eigenvalue weighted by Gasteiger charge is 2.35. The van der Waals surface area contributed by atoms with Gasteiger partial charge in [-0.3, -0.25) is 0 Å². The first-order chi connectivity index (χ1) is 8.76. The average molecular weight is 265 g/mol. The minimum atomic E-state index is 0.173. The van der Waals surface area contributed by atoms with Gasteiger partial charge in [0.2, 0.25) is 11.2 Å². The Morgan fingerprint density at radius 1 is 1.44 bits per heavy atom. The Bertz CT molecular complexity index is 540. The van der Waals surface area contributed by atoms with Crippen LogP contribution in [0, 0.1) is 5.92 Å². The van der Waals surface area contributed by atoms with E-state index in [0.717, 1.165) is 6.42 Å². The van der Waals surface area contributed by atoms with Crippen LogP contribution in [0.3, 0.4) is 0 Å². The van der Waals surface area contributed by atoms with Crippen molar-refractivity contribution in [3.63, 3.8) is 0 Å². The lowest BCUT2D eigenvalue weighted by atomic mass is 10.3. The lowest BCUT2D eigenvalue weighted by Crippen LogP contribution is -2.11. The van der Waals surface area contributed by atoms with Crippen molar-refractivity contribution in [1.82, 2.24) is 24.7 Å². The Morgan fingerprint density at radius 3 is 3.00 bits per heavy atom.